The summed E-state index contributed by atoms with van der Waals surface area (Å²) in [5.41, 5.74) is 0.681. The van der Waals surface area contributed by atoms with Gasteiger partial charge in [0.25, 0.3) is 0 Å². The summed E-state index contributed by atoms with van der Waals surface area (Å²) in [6, 6.07) is 15.3. The largest absolute Gasteiger partial charge is 0.344 e. The van der Waals surface area contributed by atoms with E-state index in [1.807, 2.05) is 30.3 Å². The van der Waals surface area contributed by atoms with E-state index in [9.17, 15) is 13.2 Å². The van der Waals surface area contributed by atoms with Crippen LogP contribution in [-0.2, 0) is 10.0 Å². The second-order valence-corrected chi connectivity index (χ2v) is 10.3. The van der Waals surface area contributed by atoms with Crippen molar-refractivity contribution in [1.29, 1.82) is 0 Å². The Bertz CT molecular complexity index is 1160. The standard InChI is InChI=1S/C20H21ClN4O3S2/c21-15-6-10-17(11-7-15)30(27,28)24-18(14-4-2-1-3-5-14)12-13-29-20-23-22-19(26)25(20)16-8-9-16/h1-7,10-11,16,18,24H,8-9,12-13H2,(H,22,26)/t18-/m1/s1. The molecule has 4 rings (SSSR count). The van der Waals surface area contributed by atoms with Gasteiger partial charge in [-0.05, 0) is 49.1 Å². The Morgan fingerprint density at radius 1 is 1.17 bits per heavy atom. The molecule has 1 aliphatic carbocycles. The first-order valence-electron chi connectivity index (χ1n) is 9.56. The molecule has 0 amide bonds. The van der Waals surface area contributed by atoms with Crippen molar-refractivity contribution < 1.29 is 8.42 Å². The lowest BCUT2D eigenvalue weighted by atomic mass is 10.1. The van der Waals surface area contributed by atoms with Crippen LogP contribution in [0.3, 0.4) is 0 Å². The maximum absolute atomic E-state index is 12.9. The molecule has 30 heavy (non-hydrogen) atoms. The molecule has 0 saturated heterocycles. The molecule has 0 radical (unpaired) electrons. The third kappa shape index (κ3) is 4.97. The predicted octanol–water partition coefficient (Wildman–Crippen LogP) is 3.76. The molecule has 0 aliphatic heterocycles. The number of nitrogens with zero attached hydrogens (tertiary/aromatic N) is 2. The molecule has 1 atom stereocenters. The van der Waals surface area contributed by atoms with Gasteiger partial charge >= 0.3 is 5.69 Å². The van der Waals surface area contributed by atoms with Crippen LogP contribution in [0, 0.1) is 0 Å². The summed E-state index contributed by atoms with van der Waals surface area (Å²) in [7, 11) is -3.72. The van der Waals surface area contributed by atoms with Gasteiger partial charge in [-0.2, -0.15) is 0 Å². The van der Waals surface area contributed by atoms with E-state index in [-0.39, 0.29) is 16.6 Å². The van der Waals surface area contributed by atoms with E-state index in [1.165, 1.54) is 23.9 Å². The zero-order valence-corrected chi connectivity index (χ0v) is 18.4. The number of rotatable bonds is 9. The number of halogens is 1. The van der Waals surface area contributed by atoms with Crippen molar-refractivity contribution >= 4 is 33.4 Å². The summed E-state index contributed by atoms with van der Waals surface area (Å²) in [5.74, 6) is 0.597. The van der Waals surface area contributed by atoms with Crippen molar-refractivity contribution in [1.82, 2.24) is 19.5 Å². The van der Waals surface area contributed by atoms with E-state index in [0.29, 0.717) is 22.4 Å². The first-order valence-corrected chi connectivity index (χ1v) is 12.4. The Hall–Kier alpha value is -2.07. The quantitative estimate of drug-likeness (QED) is 0.470. The lowest BCUT2D eigenvalue weighted by molar-refractivity contribution is 0.551. The van der Waals surface area contributed by atoms with Crippen molar-refractivity contribution in [3.63, 3.8) is 0 Å². The van der Waals surface area contributed by atoms with Crippen molar-refractivity contribution in [2.45, 2.75) is 41.4 Å². The summed E-state index contributed by atoms with van der Waals surface area (Å²) in [5, 5.41) is 7.75. The molecule has 1 saturated carbocycles. The predicted molar refractivity (Wildman–Crippen MR) is 117 cm³/mol. The monoisotopic (exact) mass is 464 g/mol. The number of thioether (sulfide) groups is 1. The molecule has 0 spiro atoms. The van der Waals surface area contributed by atoms with Gasteiger partial charge in [-0.25, -0.2) is 23.0 Å². The molecule has 1 fully saturated rings. The second-order valence-electron chi connectivity index (χ2n) is 7.09. The van der Waals surface area contributed by atoms with Crippen molar-refractivity contribution in [2.24, 2.45) is 0 Å². The third-order valence-electron chi connectivity index (χ3n) is 4.85. The van der Waals surface area contributed by atoms with Crippen LogP contribution >= 0.6 is 23.4 Å². The van der Waals surface area contributed by atoms with E-state index >= 15 is 0 Å². The summed E-state index contributed by atoms with van der Waals surface area (Å²) >= 11 is 7.33. The fraction of sp³-hybridized carbons (Fsp3) is 0.300. The van der Waals surface area contributed by atoms with Gasteiger partial charge < -0.3 is 0 Å². The number of hydrogen-bond donors (Lipinski definition) is 2. The molecule has 7 nitrogen and oxygen atoms in total. The van der Waals surface area contributed by atoms with Crippen LogP contribution < -0.4 is 10.4 Å². The van der Waals surface area contributed by atoms with Gasteiger partial charge in [0, 0.05) is 22.9 Å². The van der Waals surface area contributed by atoms with Crippen LogP contribution in [0.4, 0.5) is 0 Å². The molecule has 3 aromatic rings. The van der Waals surface area contributed by atoms with E-state index in [2.05, 4.69) is 14.9 Å². The lowest BCUT2D eigenvalue weighted by Crippen LogP contribution is -2.29. The van der Waals surface area contributed by atoms with Crippen LogP contribution in [0.25, 0.3) is 0 Å². The van der Waals surface area contributed by atoms with E-state index in [1.54, 1.807) is 16.7 Å². The van der Waals surface area contributed by atoms with Gasteiger partial charge in [-0.15, -0.1) is 5.10 Å². The van der Waals surface area contributed by atoms with Gasteiger partial charge in [0.1, 0.15) is 0 Å². The fourth-order valence-corrected chi connectivity index (χ4v) is 5.57. The first kappa shape index (κ1) is 21.2. The maximum atomic E-state index is 12.9. The second kappa shape index (κ2) is 8.97. The minimum absolute atomic E-state index is 0.162. The molecule has 2 aromatic carbocycles. The summed E-state index contributed by atoms with van der Waals surface area (Å²) in [4.78, 5) is 12.1. The summed E-state index contributed by atoms with van der Waals surface area (Å²) in [6.45, 7) is 0. The van der Waals surface area contributed by atoms with Crippen LogP contribution in [0.1, 0.15) is 36.9 Å². The Balaban J connectivity index is 1.49. The average molecular weight is 465 g/mol. The molecular weight excluding hydrogens is 444 g/mol. The Morgan fingerprint density at radius 3 is 2.53 bits per heavy atom. The number of nitrogens with one attached hydrogen (secondary N) is 2. The highest BCUT2D eigenvalue weighted by molar-refractivity contribution is 7.99. The van der Waals surface area contributed by atoms with Crippen molar-refractivity contribution in [3.05, 3.63) is 75.7 Å². The maximum Gasteiger partial charge on any atom is 0.344 e. The zero-order valence-electron chi connectivity index (χ0n) is 16.0. The molecule has 10 heteroatoms. The van der Waals surface area contributed by atoms with Crippen LogP contribution in [0.5, 0.6) is 0 Å². The fourth-order valence-electron chi connectivity index (χ4n) is 3.16. The molecular formula is C20H21ClN4O3S2. The molecule has 1 aromatic heterocycles. The highest BCUT2D eigenvalue weighted by Gasteiger charge is 2.29. The lowest BCUT2D eigenvalue weighted by Gasteiger charge is -2.19. The van der Waals surface area contributed by atoms with Gasteiger partial charge in [-0.1, -0.05) is 53.7 Å². The molecule has 1 aliphatic rings. The van der Waals surface area contributed by atoms with E-state index < -0.39 is 16.1 Å². The average Bonchev–Trinajstić information content (AvgIpc) is 3.51. The zero-order chi connectivity index (χ0) is 21.1. The third-order valence-corrected chi connectivity index (χ3v) is 7.57. The molecule has 2 N–H and O–H groups in total. The number of benzene rings is 2. The van der Waals surface area contributed by atoms with Crippen LogP contribution in [0.2, 0.25) is 5.02 Å². The molecule has 1 heterocycles. The highest BCUT2D eigenvalue weighted by atomic mass is 35.5. The van der Waals surface area contributed by atoms with Crippen molar-refractivity contribution in [3.8, 4) is 0 Å². The van der Waals surface area contributed by atoms with Crippen LogP contribution in [0.15, 0.2) is 69.4 Å². The molecule has 0 bridgehead atoms. The minimum atomic E-state index is -3.72. The number of hydrogen-bond acceptors (Lipinski definition) is 5. The van der Waals surface area contributed by atoms with E-state index in [0.717, 1.165) is 18.4 Å². The smallest absolute Gasteiger partial charge is 0.267 e. The van der Waals surface area contributed by atoms with Gasteiger partial charge in [-0.3, -0.25) is 4.57 Å². The minimum Gasteiger partial charge on any atom is -0.267 e. The molecule has 0 unspecified atom stereocenters. The SMILES string of the molecule is O=c1[nH]nc(SCC[C@@H](NS(=O)(=O)c2ccc(Cl)cc2)c2ccccc2)n1C1CC1. The number of aromatic nitrogens is 3. The van der Waals surface area contributed by atoms with Gasteiger partial charge in [0.05, 0.1) is 4.90 Å². The summed E-state index contributed by atoms with van der Waals surface area (Å²) in [6.07, 6.45) is 2.51. The highest BCUT2D eigenvalue weighted by Crippen LogP contribution is 2.36. The number of sulfonamides is 1. The Kier molecular flexibility index (Phi) is 6.33. The molecule has 158 valence electrons. The Morgan fingerprint density at radius 2 is 1.87 bits per heavy atom. The van der Waals surface area contributed by atoms with Gasteiger partial charge in [0.15, 0.2) is 5.16 Å². The number of aromatic amines is 1. The van der Waals surface area contributed by atoms with Crippen LogP contribution in [-0.4, -0.2) is 28.9 Å². The normalized spacial score (nSPS) is 15.2. The Labute approximate surface area is 183 Å². The van der Waals surface area contributed by atoms with Crippen molar-refractivity contribution in [2.75, 3.05) is 5.75 Å². The summed E-state index contributed by atoms with van der Waals surface area (Å²) < 4.78 is 30.3. The van der Waals surface area contributed by atoms with E-state index in [4.69, 9.17) is 11.6 Å². The first-order chi connectivity index (χ1) is 14.4. The topological polar surface area (TPSA) is 96.8 Å². The van der Waals surface area contributed by atoms with Gasteiger partial charge in [0.2, 0.25) is 10.0 Å². The number of H-pyrrole nitrogens is 1.